The molecule has 0 aromatic heterocycles. The number of hydrogen-bond donors (Lipinski definition) is 3. The Balaban J connectivity index is 1.60. The zero-order chi connectivity index (χ0) is 15.1. The summed E-state index contributed by atoms with van der Waals surface area (Å²) in [5.74, 6) is 1.38. The Labute approximate surface area is 124 Å². The van der Waals surface area contributed by atoms with Gasteiger partial charge in [-0.15, -0.1) is 0 Å². The van der Waals surface area contributed by atoms with Crippen molar-refractivity contribution in [2.45, 2.75) is 19.3 Å². The van der Waals surface area contributed by atoms with Crippen molar-refractivity contribution in [2.24, 2.45) is 5.92 Å². The van der Waals surface area contributed by atoms with Crippen LogP contribution in [0.4, 0.5) is 10.5 Å². The molecule has 3 amide bonds. The average Bonchev–Trinajstić information content (AvgIpc) is 3.30. The zero-order valence-electron chi connectivity index (χ0n) is 12.1. The lowest BCUT2D eigenvalue weighted by molar-refractivity contribution is -0.121. The maximum Gasteiger partial charge on any atom is 0.319 e. The van der Waals surface area contributed by atoms with Crippen molar-refractivity contribution in [3.8, 4) is 5.75 Å². The van der Waals surface area contributed by atoms with Crippen molar-refractivity contribution in [2.75, 3.05) is 25.5 Å². The summed E-state index contributed by atoms with van der Waals surface area (Å²) in [5.41, 5.74) is 0.673. The highest BCUT2D eigenvalue weighted by Gasteiger charge is 2.21. The Morgan fingerprint density at radius 1 is 1.19 bits per heavy atom. The van der Waals surface area contributed by atoms with Crippen LogP contribution < -0.4 is 20.7 Å². The number of carbonyl (C=O) groups excluding carboxylic acids is 2. The molecule has 1 aliphatic rings. The van der Waals surface area contributed by atoms with Crippen LogP contribution in [0.25, 0.3) is 0 Å². The lowest BCUT2D eigenvalue weighted by Crippen LogP contribution is -2.33. The molecule has 1 fully saturated rings. The van der Waals surface area contributed by atoms with Gasteiger partial charge in [-0.25, -0.2) is 4.79 Å². The summed E-state index contributed by atoms with van der Waals surface area (Å²) >= 11 is 0. The SMILES string of the molecule is COc1ccc(NC(=O)NCCC(=O)NCC2CC2)cc1. The van der Waals surface area contributed by atoms with Crippen molar-refractivity contribution < 1.29 is 14.3 Å². The van der Waals surface area contributed by atoms with Gasteiger partial charge in [0.25, 0.3) is 0 Å². The van der Waals surface area contributed by atoms with Gasteiger partial charge in [0.2, 0.25) is 5.91 Å². The lowest BCUT2D eigenvalue weighted by atomic mass is 10.3. The van der Waals surface area contributed by atoms with E-state index in [4.69, 9.17) is 4.74 Å². The first kappa shape index (κ1) is 15.2. The van der Waals surface area contributed by atoms with Crippen molar-refractivity contribution in [3.63, 3.8) is 0 Å². The van der Waals surface area contributed by atoms with Crippen LogP contribution in [0.5, 0.6) is 5.75 Å². The molecule has 0 radical (unpaired) electrons. The van der Waals surface area contributed by atoms with Crippen LogP contribution in [0.3, 0.4) is 0 Å². The fraction of sp³-hybridized carbons (Fsp3) is 0.467. The van der Waals surface area contributed by atoms with E-state index in [0.29, 0.717) is 24.6 Å². The summed E-state index contributed by atoms with van der Waals surface area (Å²) in [6.07, 6.45) is 2.72. The molecule has 0 spiro atoms. The van der Waals surface area contributed by atoms with Gasteiger partial charge in [-0.1, -0.05) is 0 Å². The van der Waals surface area contributed by atoms with Crippen LogP contribution >= 0.6 is 0 Å². The van der Waals surface area contributed by atoms with Crippen molar-refractivity contribution in [1.82, 2.24) is 10.6 Å². The number of benzene rings is 1. The maximum atomic E-state index is 11.6. The highest BCUT2D eigenvalue weighted by atomic mass is 16.5. The molecule has 1 aromatic rings. The van der Waals surface area contributed by atoms with Crippen LogP contribution in [-0.4, -0.2) is 32.1 Å². The standard InChI is InChI=1S/C15H21N3O3/c1-21-13-6-4-12(5-7-13)18-15(20)16-9-8-14(19)17-10-11-2-3-11/h4-7,11H,2-3,8-10H2,1H3,(H,17,19)(H2,16,18,20). The topological polar surface area (TPSA) is 79.5 Å². The first-order valence-corrected chi connectivity index (χ1v) is 7.13. The molecule has 114 valence electrons. The Hall–Kier alpha value is -2.24. The molecule has 3 N–H and O–H groups in total. The molecule has 0 saturated heterocycles. The van der Waals surface area contributed by atoms with Crippen molar-refractivity contribution >= 4 is 17.6 Å². The van der Waals surface area contributed by atoms with Gasteiger partial charge in [-0.2, -0.15) is 0 Å². The Bertz CT molecular complexity index is 483. The molecule has 1 aromatic carbocycles. The predicted octanol–water partition coefficient (Wildman–Crippen LogP) is 1.73. The number of amides is 3. The van der Waals surface area contributed by atoms with Gasteiger partial charge in [0, 0.05) is 25.2 Å². The first-order valence-electron chi connectivity index (χ1n) is 7.13. The summed E-state index contributed by atoms with van der Waals surface area (Å²) in [4.78, 5) is 23.1. The number of urea groups is 1. The highest BCUT2D eigenvalue weighted by molar-refractivity contribution is 5.89. The molecular formula is C15H21N3O3. The summed E-state index contributed by atoms with van der Waals surface area (Å²) in [6, 6.07) is 6.71. The molecule has 6 nitrogen and oxygen atoms in total. The number of carbonyl (C=O) groups is 2. The number of hydrogen-bond acceptors (Lipinski definition) is 3. The van der Waals surface area contributed by atoms with E-state index in [2.05, 4.69) is 16.0 Å². The third-order valence-corrected chi connectivity index (χ3v) is 3.27. The van der Waals surface area contributed by atoms with Gasteiger partial charge < -0.3 is 20.7 Å². The average molecular weight is 291 g/mol. The fourth-order valence-electron chi connectivity index (χ4n) is 1.81. The van der Waals surface area contributed by atoms with Crippen LogP contribution in [0.1, 0.15) is 19.3 Å². The molecule has 0 aliphatic heterocycles. The zero-order valence-corrected chi connectivity index (χ0v) is 12.1. The van der Waals surface area contributed by atoms with Gasteiger partial charge in [0.15, 0.2) is 0 Å². The van der Waals surface area contributed by atoms with Crippen molar-refractivity contribution in [1.29, 1.82) is 0 Å². The highest BCUT2D eigenvalue weighted by Crippen LogP contribution is 2.27. The molecule has 21 heavy (non-hydrogen) atoms. The van der Waals surface area contributed by atoms with E-state index in [1.54, 1.807) is 31.4 Å². The van der Waals surface area contributed by atoms with Gasteiger partial charge in [0.05, 0.1) is 7.11 Å². The largest absolute Gasteiger partial charge is 0.497 e. The molecule has 1 saturated carbocycles. The Morgan fingerprint density at radius 3 is 2.52 bits per heavy atom. The molecule has 6 heteroatoms. The van der Waals surface area contributed by atoms with Crippen LogP contribution in [0.2, 0.25) is 0 Å². The molecule has 0 atom stereocenters. The smallest absolute Gasteiger partial charge is 0.319 e. The van der Waals surface area contributed by atoms with E-state index in [0.717, 1.165) is 12.3 Å². The van der Waals surface area contributed by atoms with Gasteiger partial charge in [-0.05, 0) is 43.0 Å². The van der Waals surface area contributed by atoms with E-state index in [1.807, 2.05) is 0 Å². The Morgan fingerprint density at radius 2 is 1.90 bits per heavy atom. The summed E-state index contributed by atoms with van der Waals surface area (Å²) < 4.78 is 5.04. The second-order valence-electron chi connectivity index (χ2n) is 5.11. The minimum Gasteiger partial charge on any atom is -0.497 e. The van der Waals surface area contributed by atoms with E-state index in [1.165, 1.54) is 12.8 Å². The maximum absolute atomic E-state index is 11.6. The van der Waals surface area contributed by atoms with Gasteiger partial charge in [-0.3, -0.25) is 4.79 Å². The van der Waals surface area contributed by atoms with Crippen LogP contribution in [0.15, 0.2) is 24.3 Å². The second-order valence-corrected chi connectivity index (χ2v) is 5.11. The number of ether oxygens (including phenoxy) is 1. The first-order chi connectivity index (χ1) is 10.2. The number of methoxy groups -OCH3 is 1. The Kier molecular flexibility index (Phi) is 5.43. The van der Waals surface area contributed by atoms with E-state index < -0.39 is 0 Å². The van der Waals surface area contributed by atoms with Crippen LogP contribution in [0, 0.1) is 5.92 Å². The minimum absolute atomic E-state index is 0.0216. The van der Waals surface area contributed by atoms with Gasteiger partial charge in [0.1, 0.15) is 5.75 Å². The quantitative estimate of drug-likeness (QED) is 0.716. The third kappa shape index (κ3) is 5.72. The number of rotatable bonds is 7. The summed E-state index contributed by atoms with van der Waals surface area (Å²) in [7, 11) is 1.59. The minimum atomic E-state index is -0.324. The molecule has 0 unspecified atom stereocenters. The van der Waals surface area contributed by atoms with E-state index in [9.17, 15) is 9.59 Å². The number of nitrogens with one attached hydrogen (secondary N) is 3. The third-order valence-electron chi connectivity index (χ3n) is 3.27. The molecular weight excluding hydrogens is 270 g/mol. The molecule has 0 bridgehead atoms. The normalized spacial score (nSPS) is 13.4. The second kappa shape index (κ2) is 7.52. The van der Waals surface area contributed by atoms with Crippen molar-refractivity contribution in [3.05, 3.63) is 24.3 Å². The predicted molar refractivity (Wildman–Crippen MR) is 80.4 cm³/mol. The fourth-order valence-corrected chi connectivity index (χ4v) is 1.81. The van der Waals surface area contributed by atoms with Gasteiger partial charge >= 0.3 is 6.03 Å². The molecule has 0 heterocycles. The van der Waals surface area contributed by atoms with E-state index in [-0.39, 0.29) is 11.9 Å². The summed E-state index contributed by atoms with van der Waals surface area (Å²) in [6.45, 7) is 1.08. The lowest BCUT2D eigenvalue weighted by Gasteiger charge is -2.08. The number of anilines is 1. The monoisotopic (exact) mass is 291 g/mol. The summed E-state index contributed by atoms with van der Waals surface area (Å²) in [5, 5.41) is 8.20. The van der Waals surface area contributed by atoms with E-state index >= 15 is 0 Å². The molecule has 2 rings (SSSR count). The van der Waals surface area contributed by atoms with Crippen LogP contribution in [-0.2, 0) is 4.79 Å². The molecule has 1 aliphatic carbocycles.